The Balaban J connectivity index is 1.97. The lowest BCUT2D eigenvalue weighted by Crippen LogP contribution is -2.37. The second kappa shape index (κ2) is 9.84. The van der Waals surface area contributed by atoms with Gasteiger partial charge in [-0.2, -0.15) is 18.4 Å². The van der Waals surface area contributed by atoms with Gasteiger partial charge in [0.05, 0.1) is 0 Å². The van der Waals surface area contributed by atoms with Crippen molar-refractivity contribution in [1.82, 2.24) is 14.5 Å². The number of alkyl halides is 3. The number of fused-ring (bicyclic) bond motifs is 1. The number of halogens is 3. The summed E-state index contributed by atoms with van der Waals surface area (Å²) in [7, 11) is 0. The Kier molecular flexibility index (Phi) is 7.11. The molecule has 0 atom stereocenters. The zero-order chi connectivity index (χ0) is 25.0. The second-order valence-corrected chi connectivity index (χ2v) is 8.04. The standard InChI is InChI=1S/C21H18F3N5O4S/c1-2-29-19(33)16(34-20(29)14(8-25)18(32)27-11-21(22,23)24)9-26-13-3-4-15-12(7-13)5-6-28(15)10-17(30)31/h3-7,9,26H,2,10-11H2,1H3,(H,27,32)(H,30,31)/b16-9-,20-14+. The third-order valence-corrected chi connectivity index (χ3v) is 5.80. The summed E-state index contributed by atoms with van der Waals surface area (Å²) < 4.78 is 40.0. The number of nitrogens with one attached hydrogen (secondary N) is 2. The highest BCUT2D eigenvalue weighted by Gasteiger charge is 2.28. The maximum Gasteiger partial charge on any atom is 0.405 e. The number of carboxylic acids is 1. The SMILES string of the molecule is CCn1c(=O)/c(=C/Nc2ccc3c(ccn3CC(=O)O)c2)s/c1=C(\C#N)C(=O)NCC(F)(F)F. The number of hydrogen-bond acceptors (Lipinski definition) is 6. The molecule has 9 nitrogen and oxygen atoms in total. The molecular formula is C21H18F3N5O4S. The number of nitrogens with zero attached hydrogens (tertiary/aromatic N) is 3. The van der Waals surface area contributed by atoms with E-state index in [9.17, 15) is 32.8 Å². The predicted octanol–water partition coefficient (Wildman–Crippen LogP) is 1.17. The number of aliphatic carboxylic acids is 1. The number of thiazole rings is 1. The molecule has 0 saturated carbocycles. The van der Waals surface area contributed by atoms with Crippen LogP contribution in [0.4, 0.5) is 18.9 Å². The van der Waals surface area contributed by atoms with E-state index in [0.717, 1.165) is 21.3 Å². The minimum absolute atomic E-state index is 0.0519. The molecule has 34 heavy (non-hydrogen) atoms. The minimum Gasteiger partial charge on any atom is -0.480 e. The lowest BCUT2D eigenvalue weighted by molar-refractivity contribution is -0.137. The fraction of sp³-hybridized carbons (Fsp3) is 0.238. The van der Waals surface area contributed by atoms with E-state index in [1.54, 1.807) is 53.3 Å². The van der Waals surface area contributed by atoms with Crippen molar-refractivity contribution in [3.63, 3.8) is 0 Å². The number of carbonyl (C=O) groups excluding carboxylic acids is 1. The highest BCUT2D eigenvalue weighted by atomic mass is 32.1. The smallest absolute Gasteiger partial charge is 0.405 e. The van der Waals surface area contributed by atoms with Crippen LogP contribution in [0.25, 0.3) is 22.7 Å². The van der Waals surface area contributed by atoms with Crippen LogP contribution < -0.4 is 25.4 Å². The van der Waals surface area contributed by atoms with Crippen molar-refractivity contribution in [2.24, 2.45) is 0 Å². The van der Waals surface area contributed by atoms with Gasteiger partial charge in [-0.3, -0.25) is 19.0 Å². The zero-order valence-electron chi connectivity index (χ0n) is 17.6. The Bertz CT molecular complexity index is 1480. The fourth-order valence-corrected chi connectivity index (χ4v) is 4.27. The number of benzene rings is 1. The van der Waals surface area contributed by atoms with Crippen molar-refractivity contribution in [2.45, 2.75) is 26.2 Å². The molecule has 13 heteroatoms. The first-order valence-corrected chi connectivity index (χ1v) is 10.6. The topological polar surface area (TPSA) is 129 Å². The van der Waals surface area contributed by atoms with Gasteiger partial charge in [0.15, 0.2) is 5.57 Å². The van der Waals surface area contributed by atoms with E-state index in [4.69, 9.17) is 5.11 Å². The number of anilines is 1. The number of carbonyl (C=O) groups is 2. The Morgan fingerprint density at radius 1 is 1.29 bits per heavy atom. The van der Waals surface area contributed by atoms with Crippen LogP contribution in [0.2, 0.25) is 0 Å². The van der Waals surface area contributed by atoms with E-state index < -0.39 is 35.7 Å². The van der Waals surface area contributed by atoms with E-state index >= 15 is 0 Å². The van der Waals surface area contributed by atoms with Crippen molar-refractivity contribution in [3.05, 3.63) is 50.0 Å². The van der Waals surface area contributed by atoms with Gasteiger partial charge in [-0.05, 0) is 31.2 Å². The third-order valence-electron chi connectivity index (χ3n) is 4.67. The van der Waals surface area contributed by atoms with Crippen molar-refractivity contribution in [3.8, 4) is 6.07 Å². The summed E-state index contributed by atoms with van der Waals surface area (Å²) in [6.45, 7) is -0.0897. The van der Waals surface area contributed by atoms with E-state index in [1.165, 1.54) is 6.20 Å². The number of rotatable bonds is 7. The third kappa shape index (κ3) is 5.46. The maximum absolute atomic E-state index is 12.7. The summed E-state index contributed by atoms with van der Waals surface area (Å²) >= 11 is 0.800. The number of carboxylic acid groups (broad SMARTS) is 1. The number of nitriles is 1. The normalized spacial score (nSPS) is 13.0. The molecule has 1 amide bonds. The first-order valence-electron chi connectivity index (χ1n) is 9.80. The van der Waals surface area contributed by atoms with Crippen molar-refractivity contribution < 1.29 is 27.9 Å². The van der Waals surface area contributed by atoms with Gasteiger partial charge in [0.2, 0.25) is 0 Å². The first kappa shape index (κ1) is 24.6. The number of aromatic nitrogens is 2. The highest BCUT2D eigenvalue weighted by molar-refractivity contribution is 7.07. The van der Waals surface area contributed by atoms with Gasteiger partial charge in [0.1, 0.15) is 28.4 Å². The van der Waals surface area contributed by atoms with Gasteiger partial charge in [-0.15, -0.1) is 11.3 Å². The van der Waals surface area contributed by atoms with Crippen LogP contribution in [0.3, 0.4) is 0 Å². The average Bonchev–Trinajstić information content (AvgIpc) is 3.30. The molecule has 0 fully saturated rings. The molecule has 0 unspecified atom stereocenters. The molecule has 0 bridgehead atoms. The van der Waals surface area contributed by atoms with Crippen LogP contribution in [0, 0.1) is 11.3 Å². The Morgan fingerprint density at radius 3 is 2.65 bits per heavy atom. The summed E-state index contributed by atoms with van der Waals surface area (Å²) in [6, 6.07) is 8.47. The summed E-state index contributed by atoms with van der Waals surface area (Å²) in [4.78, 5) is 35.8. The van der Waals surface area contributed by atoms with Crippen LogP contribution in [0.15, 0.2) is 35.3 Å². The summed E-state index contributed by atoms with van der Waals surface area (Å²) in [5.41, 5.74) is 0.192. The number of hydrogen-bond donors (Lipinski definition) is 3. The molecule has 0 aliphatic rings. The molecule has 3 rings (SSSR count). The molecule has 1 aromatic carbocycles. The van der Waals surface area contributed by atoms with E-state index in [0.29, 0.717) is 11.2 Å². The molecule has 3 N–H and O–H groups in total. The lowest BCUT2D eigenvalue weighted by atomic mass is 10.2. The summed E-state index contributed by atoms with van der Waals surface area (Å²) in [6.07, 6.45) is -1.63. The van der Waals surface area contributed by atoms with Crippen molar-refractivity contribution >= 4 is 51.6 Å². The second-order valence-electron chi connectivity index (χ2n) is 7.01. The molecule has 0 aliphatic heterocycles. The van der Waals surface area contributed by atoms with Crippen LogP contribution in [-0.2, 0) is 22.7 Å². The van der Waals surface area contributed by atoms with Gasteiger partial charge in [0, 0.05) is 35.5 Å². The largest absolute Gasteiger partial charge is 0.480 e. The van der Waals surface area contributed by atoms with Gasteiger partial charge in [-0.25, -0.2) is 0 Å². The Hall–Kier alpha value is -4.05. The Labute approximate surface area is 193 Å². The fourth-order valence-electron chi connectivity index (χ4n) is 3.18. The van der Waals surface area contributed by atoms with Crippen LogP contribution in [-0.4, -0.2) is 38.8 Å². The van der Waals surface area contributed by atoms with Gasteiger partial charge in [0.25, 0.3) is 11.5 Å². The highest BCUT2D eigenvalue weighted by Crippen LogP contribution is 2.20. The Morgan fingerprint density at radius 2 is 2.03 bits per heavy atom. The molecule has 0 radical (unpaired) electrons. The molecule has 0 aliphatic carbocycles. The molecule has 0 spiro atoms. The van der Waals surface area contributed by atoms with Crippen LogP contribution in [0.5, 0.6) is 0 Å². The van der Waals surface area contributed by atoms with Crippen molar-refractivity contribution in [2.75, 3.05) is 11.9 Å². The summed E-state index contributed by atoms with van der Waals surface area (Å²) in [5.74, 6) is -2.20. The van der Waals surface area contributed by atoms with Gasteiger partial charge >= 0.3 is 12.1 Å². The molecule has 2 aromatic heterocycles. The molecule has 0 saturated heterocycles. The van der Waals surface area contributed by atoms with Crippen molar-refractivity contribution in [1.29, 1.82) is 5.26 Å². The zero-order valence-corrected chi connectivity index (χ0v) is 18.5. The molecular weight excluding hydrogens is 475 g/mol. The maximum atomic E-state index is 12.7. The van der Waals surface area contributed by atoms with Crippen LogP contribution in [0.1, 0.15) is 6.92 Å². The van der Waals surface area contributed by atoms with Gasteiger partial charge < -0.3 is 20.3 Å². The predicted molar refractivity (Wildman–Crippen MR) is 119 cm³/mol. The van der Waals surface area contributed by atoms with Crippen LogP contribution >= 0.6 is 11.3 Å². The molecule has 178 valence electrons. The van der Waals surface area contributed by atoms with E-state index in [1.807, 2.05) is 0 Å². The van der Waals surface area contributed by atoms with Gasteiger partial charge in [-0.1, -0.05) is 0 Å². The molecule has 2 heterocycles. The number of amides is 1. The quantitative estimate of drug-likeness (QED) is 0.453. The average molecular weight is 493 g/mol. The molecule has 3 aromatic rings. The first-order chi connectivity index (χ1) is 16.0. The lowest BCUT2D eigenvalue weighted by Gasteiger charge is -2.07. The summed E-state index contributed by atoms with van der Waals surface area (Å²) in [5, 5.41) is 23.7. The van der Waals surface area contributed by atoms with E-state index in [2.05, 4.69) is 5.32 Å². The minimum atomic E-state index is -4.64. The van der Waals surface area contributed by atoms with E-state index in [-0.39, 0.29) is 22.3 Å². The monoisotopic (exact) mass is 493 g/mol.